The maximum absolute atomic E-state index is 13.5. The van der Waals surface area contributed by atoms with Crippen LogP contribution in [0.15, 0.2) is 47.4 Å². The van der Waals surface area contributed by atoms with Gasteiger partial charge in [0.1, 0.15) is 0 Å². The lowest BCUT2D eigenvalue weighted by atomic mass is 10.1. The van der Waals surface area contributed by atoms with E-state index in [4.69, 9.17) is 4.74 Å². The van der Waals surface area contributed by atoms with Crippen LogP contribution in [0.5, 0.6) is 5.75 Å². The van der Waals surface area contributed by atoms with Crippen molar-refractivity contribution in [2.24, 2.45) is 0 Å². The van der Waals surface area contributed by atoms with Gasteiger partial charge in [0.25, 0.3) is 5.91 Å². The number of thioether (sulfide) groups is 1. The van der Waals surface area contributed by atoms with Gasteiger partial charge < -0.3 is 4.74 Å². The zero-order valence-corrected chi connectivity index (χ0v) is 16.4. The van der Waals surface area contributed by atoms with Crippen LogP contribution in [0.4, 0.5) is 4.39 Å². The van der Waals surface area contributed by atoms with Crippen molar-refractivity contribution in [3.63, 3.8) is 0 Å². The van der Waals surface area contributed by atoms with Crippen molar-refractivity contribution in [3.8, 4) is 5.75 Å². The Bertz CT molecular complexity index is 814. The summed E-state index contributed by atoms with van der Waals surface area (Å²) >= 11 is 1.58. The average Bonchev–Trinajstić information content (AvgIpc) is 2.64. The summed E-state index contributed by atoms with van der Waals surface area (Å²) in [5.41, 5.74) is 7.07. The van der Waals surface area contributed by atoms with Gasteiger partial charge in [-0.3, -0.25) is 20.4 Å². The van der Waals surface area contributed by atoms with Crippen LogP contribution in [-0.4, -0.2) is 23.7 Å². The Morgan fingerprint density at radius 3 is 2.56 bits per heavy atom. The zero-order chi connectivity index (χ0) is 19.8. The smallest absolute Gasteiger partial charge is 0.279 e. The van der Waals surface area contributed by atoms with Gasteiger partial charge in [-0.05, 0) is 56.2 Å². The van der Waals surface area contributed by atoms with Crippen molar-refractivity contribution in [2.75, 3.05) is 5.75 Å². The molecule has 0 bridgehead atoms. The number of rotatable bonds is 7. The molecule has 0 spiro atoms. The van der Waals surface area contributed by atoms with E-state index in [0.717, 1.165) is 4.90 Å². The monoisotopic (exact) mass is 390 g/mol. The molecule has 2 amide bonds. The highest BCUT2D eigenvalue weighted by Gasteiger charge is 2.17. The Labute approximate surface area is 162 Å². The van der Waals surface area contributed by atoms with Gasteiger partial charge in [0, 0.05) is 17.1 Å². The molecule has 7 heteroatoms. The third-order valence-electron chi connectivity index (χ3n) is 3.91. The number of amides is 2. The predicted molar refractivity (Wildman–Crippen MR) is 104 cm³/mol. The summed E-state index contributed by atoms with van der Waals surface area (Å²) in [6.45, 7) is 5.58. The molecule has 2 aromatic rings. The molecule has 0 saturated heterocycles. The molecule has 5 nitrogen and oxygen atoms in total. The maximum atomic E-state index is 13.5. The van der Waals surface area contributed by atoms with Crippen LogP contribution in [0, 0.1) is 19.7 Å². The fourth-order valence-corrected chi connectivity index (χ4v) is 3.09. The molecular weight excluding hydrogens is 367 g/mol. The SMILES string of the molecule is Cc1ccc(SCCC(=O)NNC(=O)[C@H](C)Oc2ccccc2F)cc1C. The van der Waals surface area contributed by atoms with E-state index in [1.807, 2.05) is 13.0 Å². The average molecular weight is 390 g/mol. The first-order valence-electron chi connectivity index (χ1n) is 8.56. The highest BCUT2D eigenvalue weighted by Crippen LogP contribution is 2.21. The van der Waals surface area contributed by atoms with Gasteiger partial charge in [0.05, 0.1) is 0 Å². The van der Waals surface area contributed by atoms with Gasteiger partial charge in [0.2, 0.25) is 5.91 Å². The van der Waals surface area contributed by atoms with Crippen LogP contribution < -0.4 is 15.6 Å². The van der Waals surface area contributed by atoms with Crippen molar-refractivity contribution < 1.29 is 18.7 Å². The molecule has 0 aliphatic carbocycles. The standard InChI is InChI=1S/C20H23FN2O3S/c1-13-8-9-16(12-14(13)2)27-11-10-19(24)22-23-20(25)15(3)26-18-7-5-4-6-17(18)21/h4-9,12,15H,10-11H2,1-3H3,(H,22,24)(H,23,25)/t15-/m0/s1. The summed E-state index contributed by atoms with van der Waals surface area (Å²) in [6.07, 6.45) is -0.701. The number of aryl methyl sites for hydroxylation is 2. The second kappa shape index (κ2) is 9.97. The summed E-state index contributed by atoms with van der Waals surface area (Å²) in [7, 11) is 0. The minimum Gasteiger partial charge on any atom is -0.478 e. The Balaban J connectivity index is 1.70. The quantitative estimate of drug-likeness (QED) is 0.561. The van der Waals surface area contributed by atoms with Gasteiger partial charge in [-0.15, -0.1) is 11.8 Å². The molecule has 27 heavy (non-hydrogen) atoms. The Morgan fingerprint density at radius 2 is 1.85 bits per heavy atom. The first-order valence-corrected chi connectivity index (χ1v) is 9.55. The number of nitrogens with one attached hydrogen (secondary N) is 2. The summed E-state index contributed by atoms with van der Waals surface area (Å²) in [5, 5.41) is 0. The minimum absolute atomic E-state index is 0.0173. The predicted octanol–water partition coefficient (Wildman–Crippen LogP) is 3.54. The lowest BCUT2D eigenvalue weighted by Crippen LogP contribution is -2.47. The van der Waals surface area contributed by atoms with Crippen molar-refractivity contribution in [1.29, 1.82) is 0 Å². The minimum atomic E-state index is -0.952. The topological polar surface area (TPSA) is 67.4 Å². The van der Waals surface area contributed by atoms with E-state index in [1.165, 1.54) is 36.2 Å². The van der Waals surface area contributed by atoms with Gasteiger partial charge >= 0.3 is 0 Å². The molecule has 0 fully saturated rings. The van der Waals surface area contributed by atoms with Gasteiger partial charge in [-0.2, -0.15) is 0 Å². The number of hydrazine groups is 1. The highest BCUT2D eigenvalue weighted by atomic mass is 32.2. The van der Waals surface area contributed by atoms with E-state index in [1.54, 1.807) is 17.8 Å². The Morgan fingerprint density at radius 1 is 1.11 bits per heavy atom. The van der Waals surface area contributed by atoms with Gasteiger partial charge in [-0.1, -0.05) is 18.2 Å². The fraction of sp³-hybridized carbons (Fsp3) is 0.300. The Hall–Kier alpha value is -2.54. The van der Waals surface area contributed by atoms with E-state index in [0.29, 0.717) is 5.75 Å². The van der Waals surface area contributed by atoms with E-state index in [-0.39, 0.29) is 18.1 Å². The summed E-state index contributed by atoms with van der Waals surface area (Å²) in [6, 6.07) is 12.0. The highest BCUT2D eigenvalue weighted by molar-refractivity contribution is 7.99. The van der Waals surface area contributed by atoms with E-state index >= 15 is 0 Å². The number of hydrogen-bond acceptors (Lipinski definition) is 4. The third kappa shape index (κ3) is 6.60. The number of carbonyl (C=O) groups is 2. The lowest BCUT2D eigenvalue weighted by molar-refractivity contribution is -0.132. The largest absolute Gasteiger partial charge is 0.478 e. The molecule has 2 rings (SSSR count). The number of benzene rings is 2. The van der Waals surface area contributed by atoms with E-state index in [9.17, 15) is 14.0 Å². The first-order chi connectivity index (χ1) is 12.9. The summed E-state index contributed by atoms with van der Waals surface area (Å²) in [4.78, 5) is 24.9. The number of hydrogen-bond donors (Lipinski definition) is 2. The van der Waals surface area contributed by atoms with Crippen LogP contribution >= 0.6 is 11.8 Å². The van der Waals surface area contributed by atoms with Crippen molar-refractivity contribution in [3.05, 3.63) is 59.4 Å². The molecule has 0 unspecified atom stereocenters. The summed E-state index contributed by atoms with van der Waals surface area (Å²) < 4.78 is 18.8. The Kier molecular flexibility index (Phi) is 7.67. The summed E-state index contributed by atoms with van der Waals surface area (Å²) in [5.74, 6) is -0.849. The molecule has 0 aliphatic heterocycles. The van der Waals surface area contributed by atoms with Crippen LogP contribution in [0.2, 0.25) is 0 Å². The van der Waals surface area contributed by atoms with Gasteiger partial charge in [0.15, 0.2) is 17.7 Å². The molecule has 0 aromatic heterocycles. The lowest BCUT2D eigenvalue weighted by Gasteiger charge is -2.15. The van der Waals surface area contributed by atoms with Crippen molar-refractivity contribution >= 4 is 23.6 Å². The maximum Gasteiger partial charge on any atom is 0.279 e. The zero-order valence-electron chi connectivity index (χ0n) is 15.5. The molecule has 1 atom stereocenters. The van der Waals surface area contributed by atoms with Crippen molar-refractivity contribution in [2.45, 2.75) is 38.2 Å². The van der Waals surface area contributed by atoms with Gasteiger partial charge in [-0.25, -0.2) is 4.39 Å². The first kappa shape index (κ1) is 20.8. The fourth-order valence-electron chi connectivity index (χ4n) is 2.14. The molecule has 2 N–H and O–H groups in total. The molecule has 2 aromatic carbocycles. The van der Waals surface area contributed by atoms with Crippen LogP contribution in [0.3, 0.4) is 0 Å². The number of carbonyl (C=O) groups excluding carboxylic acids is 2. The van der Waals surface area contributed by atoms with Crippen LogP contribution in [0.1, 0.15) is 24.5 Å². The molecule has 0 radical (unpaired) electrons. The van der Waals surface area contributed by atoms with Crippen LogP contribution in [0.25, 0.3) is 0 Å². The second-order valence-electron chi connectivity index (χ2n) is 6.07. The molecular formula is C20H23FN2O3S. The number of para-hydroxylation sites is 1. The molecule has 0 heterocycles. The van der Waals surface area contributed by atoms with Crippen LogP contribution in [-0.2, 0) is 9.59 Å². The normalized spacial score (nSPS) is 11.6. The second-order valence-corrected chi connectivity index (χ2v) is 7.24. The number of halogens is 1. The number of ether oxygens (including phenoxy) is 1. The molecule has 0 aliphatic rings. The molecule has 144 valence electrons. The third-order valence-corrected chi connectivity index (χ3v) is 4.91. The van der Waals surface area contributed by atoms with Crippen molar-refractivity contribution in [1.82, 2.24) is 10.9 Å². The van der Waals surface area contributed by atoms with E-state index < -0.39 is 17.8 Å². The van der Waals surface area contributed by atoms with E-state index in [2.05, 4.69) is 29.9 Å². The molecule has 0 saturated carbocycles.